The molecule has 2 nitrogen and oxygen atoms in total. The van der Waals surface area contributed by atoms with Crippen LogP contribution in [0.2, 0.25) is 0 Å². The van der Waals surface area contributed by atoms with Gasteiger partial charge in [0.25, 0.3) is 0 Å². The molecule has 1 fully saturated rings. The van der Waals surface area contributed by atoms with Crippen LogP contribution in [0.5, 0.6) is 0 Å². The first-order chi connectivity index (χ1) is 9.62. The maximum atomic E-state index is 3.61. The molecule has 1 aromatic carbocycles. The minimum atomic E-state index is 0.548. The molecule has 2 heterocycles. The van der Waals surface area contributed by atoms with E-state index in [1.54, 1.807) is 0 Å². The number of anilines is 1. The van der Waals surface area contributed by atoms with Crippen LogP contribution < -0.4 is 5.32 Å². The maximum absolute atomic E-state index is 3.61. The van der Waals surface area contributed by atoms with E-state index < -0.39 is 0 Å². The van der Waals surface area contributed by atoms with Gasteiger partial charge in [-0.2, -0.15) is 0 Å². The molecule has 0 amide bonds. The Kier molecular flexibility index (Phi) is 4.02. The molecule has 0 aliphatic carbocycles. The molecular weight excluding hydrogens is 244 g/mol. The van der Waals surface area contributed by atoms with E-state index in [0.717, 1.165) is 12.5 Å². The number of hydrogen-bond acceptors (Lipinski definition) is 2. The van der Waals surface area contributed by atoms with E-state index in [4.69, 9.17) is 0 Å². The number of benzene rings is 1. The Morgan fingerprint density at radius 3 is 2.95 bits per heavy atom. The van der Waals surface area contributed by atoms with Crippen molar-refractivity contribution in [2.24, 2.45) is 11.3 Å². The van der Waals surface area contributed by atoms with E-state index in [1.807, 2.05) is 0 Å². The molecule has 1 N–H and O–H groups in total. The highest BCUT2D eigenvalue weighted by molar-refractivity contribution is 5.53. The maximum Gasteiger partial charge on any atom is 0.0372 e. The predicted octanol–water partition coefficient (Wildman–Crippen LogP) is 3.78. The SMILES string of the molecule is CC1(C)CCCN(CC2CNc3ccccc3C2)CC1. The standard InChI is InChI=1S/C18H28N2/c1-18(2)8-5-10-20(11-9-18)14-15-12-16-6-3-4-7-17(16)19-13-15/h3-4,6-7,15,19H,5,8-14H2,1-2H3. The summed E-state index contributed by atoms with van der Waals surface area (Å²) in [5, 5.41) is 3.61. The average Bonchev–Trinajstić information content (AvgIpc) is 2.60. The highest BCUT2D eigenvalue weighted by atomic mass is 15.1. The first kappa shape index (κ1) is 13.9. The van der Waals surface area contributed by atoms with Crippen LogP contribution in [0.3, 0.4) is 0 Å². The second-order valence-corrected chi connectivity index (χ2v) is 7.43. The Morgan fingerprint density at radius 1 is 1.20 bits per heavy atom. The van der Waals surface area contributed by atoms with E-state index >= 15 is 0 Å². The number of para-hydroxylation sites is 1. The van der Waals surface area contributed by atoms with Crippen LogP contribution in [0.15, 0.2) is 24.3 Å². The lowest BCUT2D eigenvalue weighted by atomic mass is 9.85. The van der Waals surface area contributed by atoms with Gasteiger partial charge >= 0.3 is 0 Å². The molecule has 2 heteroatoms. The van der Waals surface area contributed by atoms with Crippen molar-refractivity contribution in [2.75, 3.05) is 31.5 Å². The fourth-order valence-corrected chi connectivity index (χ4v) is 3.66. The number of likely N-dealkylation sites (tertiary alicyclic amines) is 1. The predicted molar refractivity (Wildman–Crippen MR) is 86.2 cm³/mol. The summed E-state index contributed by atoms with van der Waals surface area (Å²) in [4.78, 5) is 2.70. The second kappa shape index (κ2) is 5.77. The molecule has 1 unspecified atom stereocenters. The molecule has 110 valence electrons. The van der Waals surface area contributed by atoms with Crippen LogP contribution in [-0.4, -0.2) is 31.1 Å². The minimum Gasteiger partial charge on any atom is -0.384 e. The zero-order valence-electron chi connectivity index (χ0n) is 13.0. The lowest BCUT2D eigenvalue weighted by molar-refractivity contribution is 0.228. The van der Waals surface area contributed by atoms with Crippen LogP contribution in [0, 0.1) is 11.3 Å². The number of rotatable bonds is 2. The van der Waals surface area contributed by atoms with E-state index in [9.17, 15) is 0 Å². The molecule has 0 spiro atoms. The zero-order valence-corrected chi connectivity index (χ0v) is 13.0. The zero-order chi connectivity index (χ0) is 14.0. The largest absolute Gasteiger partial charge is 0.384 e. The fraction of sp³-hybridized carbons (Fsp3) is 0.667. The fourth-order valence-electron chi connectivity index (χ4n) is 3.66. The lowest BCUT2D eigenvalue weighted by Gasteiger charge is -2.31. The number of nitrogens with one attached hydrogen (secondary N) is 1. The lowest BCUT2D eigenvalue weighted by Crippen LogP contribution is -2.36. The molecule has 20 heavy (non-hydrogen) atoms. The van der Waals surface area contributed by atoms with Crippen molar-refractivity contribution < 1.29 is 0 Å². The third kappa shape index (κ3) is 3.35. The summed E-state index contributed by atoms with van der Waals surface area (Å²) in [6.45, 7) is 9.82. The first-order valence-electron chi connectivity index (χ1n) is 8.16. The van der Waals surface area contributed by atoms with E-state index in [0.29, 0.717) is 5.41 Å². The molecule has 0 bridgehead atoms. The highest BCUT2D eigenvalue weighted by Gasteiger charge is 2.25. The van der Waals surface area contributed by atoms with Crippen molar-refractivity contribution in [1.29, 1.82) is 0 Å². The normalized spacial score (nSPS) is 26.4. The van der Waals surface area contributed by atoms with Gasteiger partial charge in [0.2, 0.25) is 0 Å². The van der Waals surface area contributed by atoms with E-state index in [2.05, 4.69) is 48.3 Å². The Balaban J connectivity index is 1.57. The highest BCUT2D eigenvalue weighted by Crippen LogP contribution is 2.31. The average molecular weight is 272 g/mol. The van der Waals surface area contributed by atoms with Gasteiger partial charge in [-0.15, -0.1) is 0 Å². The van der Waals surface area contributed by atoms with Crippen molar-refractivity contribution in [3.63, 3.8) is 0 Å². The van der Waals surface area contributed by atoms with Crippen LogP contribution in [0.1, 0.15) is 38.7 Å². The van der Waals surface area contributed by atoms with Crippen molar-refractivity contribution in [3.05, 3.63) is 29.8 Å². The Bertz CT molecular complexity index is 452. The van der Waals surface area contributed by atoms with Gasteiger partial charge in [0, 0.05) is 18.8 Å². The minimum absolute atomic E-state index is 0.548. The van der Waals surface area contributed by atoms with Gasteiger partial charge in [-0.3, -0.25) is 0 Å². The number of fused-ring (bicyclic) bond motifs is 1. The number of nitrogens with zero attached hydrogens (tertiary/aromatic N) is 1. The monoisotopic (exact) mass is 272 g/mol. The smallest absolute Gasteiger partial charge is 0.0372 e. The van der Waals surface area contributed by atoms with E-state index in [-0.39, 0.29) is 0 Å². The van der Waals surface area contributed by atoms with Crippen molar-refractivity contribution in [3.8, 4) is 0 Å². The van der Waals surface area contributed by atoms with Crippen LogP contribution in [0.4, 0.5) is 5.69 Å². The molecular formula is C18H28N2. The second-order valence-electron chi connectivity index (χ2n) is 7.43. The van der Waals surface area contributed by atoms with Gasteiger partial charge in [0.1, 0.15) is 0 Å². The third-order valence-corrected chi connectivity index (χ3v) is 5.06. The van der Waals surface area contributed by atoms with Crippen molar-refractivity contribution in [2.45, 2.75) is 39.5 Å². The Morgan fingerprint density at radius 2 is 2.05 bits per heavy atom. The Labute approximate surface area is 123 Å². The topological polar surface area (TPSA) is 15.3 Å². The summed E-state index contributed by atoms with van der Waals surface area (Å²) in [7, 11) is 0. The van der Waals surface area contributed by atoms with Gasteiger partial charge in [-0.25, -0.2) is 0 Å². The Hall–Kier alpha value is -1.02. The summed E-state index contributed by atoms with van der Waals surface area (Å²) in [6, 6.07) is 8.78. The van der Waals surface area contributed by atoms with Gasteiger partial charge in [-0.1, -0.05) is 32.0 Å². The van der Waals surface area contributed by atoms with Crippen LogP contribution in [0.25, 0.3) is 0 Å². The van der Waals surface area contributed by atoms with Gasteiger partial charge < -0.3 is 10.2 Å². The molecule has 1 atom stereocenters. The molecule has 1 saturated heterocycles. The summed E-state index contributed by atoms with van der Waals surface area (Å²) < 4.78 is 0. The van der Waals surface area contributed by atoms with Gasteiger partial charge in [0.15, 0.2) is 0 Å². The van der Waals surface area contributed by atoms with E-state index in [1.165, 1.54) is 56.6 Å². The summed E-state index contributed by atoms with van der Waals surface area (Å²) in [6.07, 6.45) is 5.34. The first-order valence-corrected chi connectivity index (χ1v) is 8.16. The van der Waals surface area contributed by atoms with Crippen molar-refractivity contribution in [1.82, 2.24) is 4.90 Å². The molecule has 1 aromatic rings. The van der Waals surface area contributed by atoms with Gasteiger partial charge in [-0.05, 0) is 61.7 Å². The molecule has 3 rings (SSSR count). The van der Waals surface area contributed by atoms with Crippen LogP contribution >= 0.6 is 0 Å². The molecule has 0 saturated carbocycles. The molecule has 2 aliphatic heterocycles. The third-order valence-electron chi connectivity index (χ3n) is 5.06. The molecule has 2 aliphatic rings. The quantitative estimate of drug-likeness (QED) is 0.881. The molecule has 0 aromatic heterocycles. The summed E-state index contributed by atoms with van der Waals surface area (Å²) >= 11 is 0. The van der Waals surface area contributed by atoms with Crippen molar-refractivity contribution >= 4 is 5.69 Å². The summed E-state index contributed by atoms with van der Waals surface area (Å²) in [5.74, 6) is 0.770. The van der Waals surface area contributed by atoms with Crippen LogP contribution in [-0.2, 0) is 6.42 Å². The molecule has 0 radical (unpaired) electrons. The van der Waals surface area contributed by atoms with Gasteiger partial charge in [0.05, 0.1) is 0 Å². The summed E-state index contributed by atoms with van der Waals surface area (Å²) in [5.41, 5.74) is 3.39. The number of hydrogen-bond donors (Lipinski definition) is 1.